The molecule has 0 fully saturated rings. The summed E-state index contributed by atoms with van der Waals surface area (Å²) < 4.78 is 8.80. The van der Waals surface area contributed by atoms with Crippen molar-refractivity contribution in [3.8, 4) is 0 Å². The first kappa shape index (κ1) is 10.8. The zero-order valence-corrected chi connectivity index (χ0v) is 7.52. The largest absolute Gasteiger partial charge is 0.509 e. The highest BCUT2D eigenvalue weighted by atomic mass is 35.5. The lowest BCUT2D eigenvalue weighted by atomic mass is 10.7. The molecule has 0 bridgehead atoms. The Hall–Kier alpha value is -0.190. The van der Waals surface area contributed by atoms with Gasteiger partial charge in [0.1, 0.15) is 5.56 Å². The number of halogens is 2. The van der Waals surface area contributed by atoms with Gasteiger partial charge in [0.2, 0.25) is 0 Å². The maximum Gasteiger partial charge on any atom is 0.509 e. The lowest BCUT2D eigenvalue weighted by molar-refractivity contribution is -0.145. The van der Waals surface area contributed by atoms with Gasteiger partial charge in [0.15, 0.2) is 0 Å². The predicted molar refractivity (Wildman–Crippen MR) is 39.8 cm³/mol. The summed E-state index contributed by atoms with van der Waals surface area (Å²) in [5, 5.41) is 6.42. The molecular formula is C5H8Cl2O4. The molecule has 0 spiro atoms. The molecule has 0 aromatic heterocycles. The summed E-state index contributed by atoms with van der Waals surface area (Å²) >= 11 is 10.8. The van der Waals surface area contributed by atoms with E-state index in [-0.39, 0.29) is 0 Å². The molecule has 0 rings (SSSR count). The highest BCUT2D eigenvalue weighted by Gasteiger charge is 2.28. The minimum atomic E-state index is -1.72. The molecule has 0 amide bonds. The molecule has 0 aromatic rings. The summed E-state index contributed by atoms with van der Waals surface area (Å²) in [5.41, 5.74) is -0.711. The van der Waals surface area contributed by atoms with Gasteiger partial charge < -0.3 is 14.6 Å². The van der Waals surface area contributed by atoms with E-state index < -0.39 is 17.0 Å². The van der Waals surface area contributed by atoms with Gasteiger partial charge in [-0.3, -0.25) is 0 Å². The minimum Gasteiger partial charge on any atom is -0.450 e. The second-order valence-corrected chi connectivity index (χ2v) is 3.16. The lowest BCUT2D eigenvalue weighted by Crippen LogP contribution is -2.30. The average Bonchev–Trinajstić information content (AvgIpc) is 1.53. The standard InChI is InChI=1S/C5H8Cl2O4/c1-3(6)10-5(2,7)11-4(8)9/h3H,1-2H3,(H,8,9). The van der Waals surface area contributed by atoms with Crippen LogP contribution in [0.5, 0.6) is 0 Å². The van der Waals surface area contributed by atoms with Gasteiger partial charge in [0, 0.05) is 6.92 Å². The first-order chi connectivity index (χ1) is 4.83. The number of carbonyl (C=O) groups is 1. The lowest BCUT2D eigenvalue weighted by Gasteiger charge is -2.21. The monoisotopic (exact) mass is 202 g/mol. The van der Waals surface area contributed by atoms with E-state index in [1.54, 1.807) is 0 Å². The molecule has 66 valence electrons. The van der Waals surface area contributed by atoms with Crippen LogP contribution in [0.15, 0.2) is 0 Å². The molecule has 0 aliphatic heterocycles. The van der Waals surface area contributed by atoms with Crippen LogP contribution in [0.4, 0.5) is 4.79 Å². The van der Waals surface area contributed by atoms with Gasteiger partial charge in [0.05, 0.1) is 0 Å². The molecule has 2 unspecified atom stereocenters. The summed E-state index contributed by atoms with van der Waals surface area (Å²) in [6.45, 7) is 2.73. The van der Waals surface area contributed by atoms with Gasteiger partial charge in [-0.25, -0.2) is 4.79 Å². The number of ether oxygens (including phenoxy) is 2. The van der Waals surface area contributed by atoms with E-state index in [9.17, 15) is 4.79 Å². The Morgan fingerprint density at radius 2 is 2.18 bits per heavy atom. The van der Waals surface area contributed by atoms with Crippen molar-refractivity contribution in [1.29, 1.82) is 0 Å². The number of rotatable bonds is 3. The molecule has 0 aliphatic rings. The summed E-state index contributed by atoms with van der Waals surface area (Å²) in [6.07, 6.45) is -1.51. The van der Waals surface area contributed by atoms with E-state index in [1.165, 1.54) is 13.8 Å². The van der Waals surface area contributed by atoms with Crippen LogP contribution in [0.1, 0.15) is 13.8 Å². The number of hydrogen-bond donors (Lipinski definition) is 1. The van der Waals surface area contributed by atoms with Gasteiger partial charge >= 0.3 is 6.16 Å². The van der Waals surface area contributed by atoms with E-state index in [2.05, 4.69) is 9.47 Å². The summed E-state index contributed by atoms with van der Waals surface area (Å²) in [4.78, 5) is 9.97. The Kier molecular flexibility index (Phi) is 3.92. The molecule has 0 heterocycles. The van der Waals surface area contributed by atoms with Crippen LogP contribution in [-0.4, -0.2) is 22.1 Å². The van der Waals surface area contributed by atoms with Crippen LogP contribution in [0.3, 0.4) is 0 Å². The van der Waals surface area contributed by atoms with E-state index in [0.717, 1.165) is 0 Å². The maximum atomic E-state index is 9.97. The van der Waals surface area contributed by atoms with Crippen LogP contribution < -0.4 is 0 Å². The topological polar surface area (TPSA) is 55.8 Å². The highest BCUT2D eigenvalue weighted by molar-refractivity contribution is 6.23. The smallest absolute Gasteiger partial charge is 0.450 e. The van der Waals surface area contributed by atoms with Crippen LogP contribution >= 0.6 is 23.2 Å². The van der Waals surface area contributed by atoms with Crippen molar-refractivity contribution >= 4 is 29.4 Å². The van der Waals surface area contributed by atoms with E-state index in [4.69, 9.17) is 28.3 Å². The van der Waals surface area contributed by atoms with Crippen molar-refractivity contribution in [3.63, 3.8) is 0 Å². The Morgan fingerprint density at radius 1 is 1.73 bits per heavy atom. The Labute approximate surface area is 74.0 Å². The third-order valence-corrected chi connectivity index (χ3v) is 0.898. The molecule has 0 saturated heterocycles. The fourth-order valence-corrected chi connectivity index (χ4v) is 0.885. The summed E-state index contributed by atoms with van der Waals surface area (Å²) in [5.74, 6) is 0. The predicted octanol–water partition coefficient (Wildman–Crippen LogP) is 2.19. The van der Waals surface area contributed by atoms with E-state index in [0.29, 0.717) is 0 Å². The van der Waals surface area contributed by atoms with Crippen LogP contribution in [-0.2, 0) is 9.47 Å². The first-order valence-corrected chi connectivity index (χ1v) is 3.57. The highest BCUT2D eigenvalue weighted by Crippen LogP contribution is 2.21. The maximum absolute atomic E-state index is 9.97. The molecule has 0 aliphatic carbocycles. The number of carboxylic acid groups (broad SMARTS) is 1. The Bertz CT molecular complexity index is 145. The van der Waals surface area contributed by atoms with Gasteiger partial charge in [0.25, 0.3) is 5.25 Å². The van der Waals surface area contributed by atoms with Crippen LogP contribution in [0.25, 0.3) is 0 Å². The normalized spacial score (nSPS) is 18.5. The van der Waals surface area contributed by atoms with E-state index >= 15 is 0 Å². The zero-order chi connectivity index (χ0) is 9.07. The van der Waals surface area contributed by atoms with Crippen LogP contribution in [0, 0.1) is 0 Å². The van der Waals surface area contributed by atoms with Gasteiger partial charge in [-0.05, 0) is 18.5 Å². The van der Waals surface area contributed by atoms with Crippen LogP contribution in [0.2, 0.25) is 0 Å². The third-order valence-electron chi connectivity index (χ3n) is 0.643. The number of alkyl halides is 2. The fraction of sp³-hybridized carbons (Fsp3) is 0.800. The van der Waals surface area contributed by atoms with Gasteiger partial charge in [-0.2, -0.15) is 0 Å². The first-order valence-electron chi connectivity index (χ1n) is 2.76. The molecule has 2 atom stereocenters. The quantitative estimate of drug-likeness (QED) is 0.434. The molecule has 1 N–H and O–H groups in total. The third kappa shape index (κ3) is 6.22. The number of hydrogen-bond acceptors (Lipinski definition) is 3. The van der Waals surface area contributed by atoms with Crippen molar-refractivity contribution in [1.82, 2.24) is 0 Å². The second kappa shape index (κ2) is 3.99. The second-order valence-electron chi connectivity index (χ2n) is 1.86. The molecule has 0 aromatic carbocycles. The van der Waals surface area contributed by atoms with Crippen molar-refractivity contribution in [2.24, 2.45) is 0 Å². The van der Waals surface area contributed by atoms with E-state index in [1.807, 2.05) is 0 Å². The van der Waals surface area contributed by atoms with Crippen molar-refractivity contribution in [3.05, 3.63) is 0 Å². The average molecular weight is 203 g/mol. The molecule has 11 heavy (non-hydrogen) atoms. The molecule has 4 nitrogen and oxygen atoms in total. The molecule has 6 heteroatoms. The minimum absolute atomic E-state index is 0.711. The summed E-state index contributed by atoms with van der Waals surface area (Å²) in [7, 11) is 0. The van der Waals surface area contributed by atoms with Gasteiger partial charge in [-0.15, -0.1) is 0 Å². The molecular weight excluding hydrogens is 195 g/mol. The summed E-state index contributed by atoms with van der Waals surface area (Å²) in [6, 6.07) is 0. The van der Waals surface area contributed by atoms with Crippen molar-refractivity contribution < 1.29 is 19.4 Å². The SMILES string of the molecule is CC(Cl)OC(C)(Cl)OC(=O)O. The Morgan fingerprint density at radius 3 is 2.45 bits per heavy atom. The Balaban J connectivity index is 3.89. The van der Waals surface area contributed by atoms with Gasteiger partial charge in [-0.1, -0.05) is 11.6 Å². The molecule has 0 saturated carbocycles. The fourth-order valence-electron chi connectivity index (χ4n) is 0.470. The van der Waals surface area contributed by atoms with Crippen molar-refractivity contribution in [2.45, 2.75) is 24.7 Å². The van der Waals surface area contributed by atoms with Crippen molar-refractivity contribution in [2.75, 3.05) is 0 Å². The zero-order valence-electron chi connectivity index (χ0n) is 6.01. The molecule has 0 radical (unpaired) electrons.